The molecule has 0 aliphatic heterocycles. The van der Waals surface area contributed by atoms with Gasteiger partial charge in [0.25, 0.3) is 0 Å². The van der Waals surface area contributed by atoms with Crippen molar-refractivity contribution >= 4 is 29.6 Å². The molecule has 0 atom stereocenters. The number of hydrogen-bond acceptors (Lipinski definition) is 6. The Morgan fingerprint density at radius 1 is 1.38 bits per heavy atom. The molecule has 1 aromatic heterocycles. The molecule has 1 rings (SSSR count). The van der Waals surface area contributed by atoms with Gasteiger partial charge in [-0.2, -0.15) is 8.75 Å². The quantitative estimate of drug-likeness (QED) is 0.820. The van der Waals surface area contributed by atoms with Crippen LogP contribution in [0.2, 0.25) is 0 Å². The van der Waals surface area contributed by atoms with E-state index in [1.807, 2.05) is 0 Å². The summed E-state index contributed by atoms with van der Waals surface area (Å²) < 4.78 is 12.1. The number of nitrogens with zero attached hydrogens (tertiary/aromatic N) is 2. The smallest absolute Gasteiger partial charge is 0.413 e. The van der Waals surface area contributed by atoms with Crippen LogP contribution in [0.5, 0.6) is 0 Å². The summed E-state index contributed by atoms with van der Waals surface area (Å²) in [5.74, 6) is -1.36. The fourth-order valence-electron chi connectivity index (χ4n) is 0.811. The summed E-state index contributed by atoms with van der Waals surface area (Å²) in [7, 11) is 0. The first-order valence-corrected chi connectivity index (χ1v) is 5.08. The highest BCUT2D eigenvalue weighted by Gasteiger charge is 2.21. The van der Waals surface area contributed by atoms with Gasteiger partial charge in [-0.25, -0.2) is 9.59 Å². The number of carboxylic acids is 1. The lowest BCUT2D eigenvalue weighted by molar-refractivity contribution is 0.0635. The van der Waals surface area contributed by atoms with Crippen LogP contribution in [0.1, 0.15) is 31.3 Å². The van der Waals surface area contributed by atoms with E-state index in [1.54, 1.807) is 20.8 Å². The molecule has 2 N–H and O–H groups in total. The van der Waals surface area contributed by atoms with Crippen molar-refractivity contribution in [1.82, 2.24) is 8.75 Å². The predicted molar refractivity (Wildman–Crippen MR) is 56.7 cm³/mol. The topological polar surface area (TPSA) is 101 Å². The lowest BCUT2D eigenvalue weighted by Crippen LogP contribution is -2.27. The molecule has 0 bridgehead atoms. The number of amides is 1. The third-order valence-corrected chi connectivity index (χ3v) is 1.84. The number of aromatic carboxylic acids is 1. The molecule has 7 nitrogen and oxygen atoms in total. The van der Waals surface area contributed by atoms with Gasteiger partial charge in [-0.3, -0.25) is 5.32 Å². The zero-order chi connectivity index (χ0) is 12.3. The van der Waals surface area contributed by atoms with Gasteiger partial charge in [-0.05, 0) is 20.8 Å². The standard InChI is InChI=1S/C8H11N3O4S/c1-8(2,3)15-7(14)9-5-4(6(12)13)10-16-11-5/h1-3H3,(H,12,13)(H,9,11,14). The Bertz CT molecular complexity index is 410. The van der Waals surface area contributed by atoms with Gasteiger partial charge in [0.05, 0.1) is 11.7 Å². The van der Waals surface area contributed by atoms with Gasteiger partial charge in [-0.1, -0.05) is 0 Å². The number of carbonyl (C=O) groups excluding carboxylic acids is 1. The predicted octanol–water partition coefficient (Wildman–Crippen LogP) is 1.58. The molecule has 1 amide bonds. The van der Waals surface area contributed by atoms with Crippen LogP contribution in [-0.2, 0) is 4.74 Å². The molecule has 0 saturated heterocycles. The largest absolute Gasteiger partial charge is 0.476 e. The first-order valence-electron chi connectivity index (χ1n) is 4.35. The van der Waals surface area contributed by atoms with Crippen molar-refractivity contribution < 1.29 is 19.4 Å². The van der Waals surface area contributed by atoms with E-state index in [0.717, 1.165) is 0 Å². The molecule has 0 unspecified atom stereocenters. The molecule has 16 heavy (non-hydrogen) atoms. The summed E-state index contributed by atoms with van der Waals surface area (Å²) in [6.45, 7) is 5.10. The SMILES string of the molecule is CC(C)(C)OC(=O)Nc1nsnc1C(=O)O. The molecule has 0 aromatic carbocycles. The lowest BCUT2D eigenvalue weighted by atomic mass is 10.2. The first-order chi connectivity index (χ1) is 7.29. The molecular formula is C8H11N3O4S. The number of anilines is 1. The van der Waals surface area contributed by atoms with Crippen LogP contribution in [0.3, 0.4) is 0 Å². The Labute approximate surface area is 95.8 Å². The van der Waals surface area contributed by atoms with Crippen molar-refractivity contribution in [1.29, 1.82) is 0 Å². The van der Waals surface area contributed by atoms with E-state index in [-0.39, 0.29) is 11.5 Å². The van der Waals surface area contributed by atoms with Crippen molar-refractivity contribution in [3.63, 3.8) is 0 Å². The van der Waals surface area contributed by atoms with Crippen molar-refractivity contribution in [2.45, 2.75) is 26.4 Å². The Balaban J connectivity index is 2.70. The van der Waals surface area contributed by atoms with Gasteiger partial charge in [0.15, 0.2) is 5.82 Å². The molecular weight excluding hydrogens is 234 g/mol. The fraction of sp³-hybridized carbons (Fsp3) is 0.500. The highest BCUT2D eigenvalue weighted by atomic mass is 32.1. The maximum absolute atomic E-state index is 11.3. The van der Waals surface area contributed by atoms with E-state index in [1.165, 1.54) is 0 Å². The van der Waals surface area contributed by atoms with Gasteiger partial charge in [0.2, 0.25) is 5.69 Å². The highest BCUT2D eigenvalue weighted by Crippen LogP contribution is 2.14. The Morgan fingerprint density at radius 3 is 2.50 bits per heavy atom. The molecule has 0 fully saturated rings. The average molecular weight is 245 g/mol. The third-order valence-electron chi connectivity index (χ3n) is 1.31. The van der Waals surface area contributed by atoms with Crippen LogP contribution in [0.4, 0.5) is 10.6 Å². The molecule has 1 aromatic rings. The highest BCUT2D eigenvalue weighted by molar-refractivity contribution is 6.99. The van der Waals surface area contributed by atoms with E-state index in [0.29, 0.717) is 11.7 Å². The Morgan fingerprint density at radius 2 is 2.00 bits per heavy atom. The second-order valence-electron chi connectivity index (χ2n) is 3.89. The van der Waals surface area contributed by atoms with E-state index >= 15 is 0 Å². The summed E-state index contributed by atoms with van der Waals surface area (Å²) in [5, 5.41) is 10.9. The number of carboxylic acid groups (broad SMARTS) is 1. The van der Waals surface area contributed by atoms with E-state index in [2.05, 4.69) is 14.1 Å². The number of rotatable bonds is 2. The van der Waals surface area contributed by atoms with Gasteiger partial charge in [0.1, 0.15) is 5.60 Å². The zero-order valence-electron chi connectivity index (χ0n) is 8.97. The van der Waals surface area contributed by atoms with Crippen molar-refractivity contribution in [3.05, 3.63) is 5.69 Å². The van der Waals surface area contributed by atoms with Crippen LogP contribution in [0, 0.1) is 0 Å². The average Bonchev–Trinajstić information content (AvgIpc) is 2.47. The molecule has 8 heteroatoms. The summed E-state index contributed by atoms with van der Waals surface area (Å²) in [5.41, 5.74) is -0.951. The molecule has 0 radical (unpaired) electrons. The van der Waals surface area contributed by atoms with Crippen molar-refractivity contribution in [2.24, 2.45) is 0 Å². The molecule has 1 heterocycles. The lowest BCUT2D eigenvalue weighted by Gasteiger charge is -2.19. The van der Waals surface area contributed by atoms with E-state index < -0.39 is 17.7 Å². The summed E-state index contributed by atoms with van der Waals surface area (Å²) in [6.07, 6.45) is -0.761. The maximum atomic E-state index is 11.3. The summed E-state index contributed by atoms with van der Waals surface area (Å²) in [4.78, 5) is 22.0. The van der Waals surface area contributed by atoms with Crippen LogP contribution in [0.25, 0.3) is 0 Å². The Kier molecular flexibility index (Phi) is 3.43. The van der Waals surface area contributed by atoms with Gasteiger partial charge < -0.3 is 9.84 Å². The Hall–Kier alpha value is -1.70. The second kappa shape index (κ2) is 4.44. The first kappa shape index (κ1) is 12.4. The van der Waals surface area contributed by atoms with E-state index in [4.69, 9.17) is 9.84 Å². The fourth-order valence-corrected chi connectivity index (χ4v) is 1.31. The molecule has 0 aliphatic rings. The van der Waals surface area contributed by atoms with Crippen LogP contribution in [-0.4, -0.2) is 31.5 Å². The van der Waals surface area contributed by atoms with Crippen molar-refractivity contribution in [2.75, 3.05) is 5.32 Å². The number of hydrogen-bond donors (Lipinski definition) is 2. The minimum absolute atomic E-state index is 0.105. The van der Waals surface area contributed by atoms with Gasteiger partial charge in [-0.15, -0.1) is 0 Å². The zero-order valence-corrected chi connectivity index (χ0v) is 9.79. The van der Waals surface area contributed by atoms with Crippen LogP contribution < -0.4 is 5.32 Å². The monoisotopic (exact) mass is 245 g/mol. The van der Waals surface area contributed by atoms with Crippen LogP contribution in [0.15, 0.2) is 0 Å². The van der Waals surface area contributed by atoms with Crippen LogP contribution >= 0.6 is 11.7 Å². The minimum atomic E-state index is -1.25. The van der Waals surface area contributed by atoms with Crippen molar-refractivity contribution in [3.8, 4) is 0 Å². The molecule has 0 saturated carbocycles. The molecule has 88 valence electrons. The number of carbonyl (C=O) groups is 2. The third kappa shape index (κ3) is 3.46. The summed E-state index contributed by atoms with van der Waals surface area (Å²) in [6, 6.07) is 0. The van der Waals surface area contributed by atoms with Gasteiger partial charge in [0, 0.05) is 0 Å². The molecule has 0 spiro atoms. The van der Waals surface area contributed by atoms with Gasteiger partial charge >= 0.3 is 12.1 Å². The normalized spacial score (nSPS) is 10.9. The second-order valence-corrected chi connectivity index (χ2v) is 4.42. The number of ether oxygens (including phenoxy) is 1. The number of nitrogens with one attached hydrogen (secondary N) is 1. The maximum Gasteiger partial charge on any atom is 0.413 e. The minimum Gasteiger partial charge on any atom is -0.476 e. The number of aromatic nitrogens is 2. The van der Waals surface area contributed by atoms with E-state index in [9.17, 15) is 9.59 Å². The molecule has 0 aliphatic carbocycles. The summed E-state index contributed by atoms with van der Waals surface area (Å²) >= 11 is 0.703.